The van der Waals surface area contributed by atoms with Crippen molar-refractivity contribution >= 4 is 29.1 Å². The first kappa shape index (κ1) is 20.6. The molecule has 1 aromatic carbocycles. The molecular formula is C22H25ClN4O3. The second-order valence-corrected chi connectivity index (χ2v) is 8.13. The molecule has 2 amide bonds. The Morgan fingerprint density at radius 2 is 1.83 bits per heavy atom. The SMILES string of the molecule is CC(=O)N1CCN([C@@H](C)C(=O)N2N=C(c3ccc(Cl)cc3)C[C@@H]2c2ccco2)CC1. The van der Waals surface area contributed by atoms with Crippen molar-refractivity contribution in [3.8, 4) is 0 Å². The molecule has 0 aliphatic carbocycles. The second-order valence-electron chi connectivity index (χ2n) is 7.69. The Balaban J connectivity index is 1.54. The number of rotatable bonds is 4. The van der Waals surface area contributed by atoms with E-state index in [9.17, 15) is 9.59 Å². The quantitative estimate of drug-likeness (QED) is 0.750. The molecule has 0 spiro atoms. The molecule has 0 unspecified atom stereocenters. The maximum absolute atomic E-state index is 13.4. The van der Waals surface area contributed by atoms with Crippen LogP contribution < -0.4 is 0 Å². The van der Waals surface area contributed by atoms with E-state index in [2.05, 4.69) is 4.90 Å². The number of piperazine rings is 1. The predicted octanol–water partition coefficient (Wildman–Crippen LogP) is 3.16. The molecule has 2 aliphatic heterocycles. The van der Waals surface area contributed by atoms with E-state index in [0.717, 1.165) is 11.3 Å². The topological polar surface area (TPSA) is 69.4 Å². The minimum Gasteiger partial charge on any atom is -0.467 e. The normalized spacial score (nSPS) is 20.9. The molecule has 158 valence electrons. The van der Waals surface area contributed by atoms with Crippen molar-refractivity contribution in [2.75, 3.05) is 26.2 Å². The summed E-state index contributed by atoms with van der Waals surface area (Å²) in [5.41, 5.74) is 1.77. The second kappa shape index (κ2) is 8.62. The Hall–Kier alpha value is -2.64. The van der Waals surface area contributed by atoms with Gasteiger partial charge >= 0.3 is 0 Å². The molecule has 4 rings (SSSR count). The van der Waals surface area contributed by atoms with Gasteiger partial charge in [-0.1, -0.05) is 23.7 Å². The lowest BCUT2D eigenvalue weighted by molar-refractivity contribution is -0.140. The van der Waals surface area contributed by atoms with E-state index in [4.69, 9.17) is 21.1 Å². The third-order valence-corrected chi connectivity index (χ3v) is 6.10. The van der Waals surface area contributed by atoms with Gasteiger partial charge in [-0.2, -0.15) is 5.10 Å². The Morgan fingerprint density at radius 3 is 2.43 bits per heavy atom. The molecule has 30 heavy (non-hydrogen) atoms. The van der Waals surface area contributed by atoms with Crippen molar-refractivity contribution in [1.82, 2.24) is 14.8 Å². The molecule has 3 heterocycles. The van der Waals surface area contributed by atoms with E-state index in [-0.39, 0.29) is 23.9 Å². The summed E-state index contributed by atoms with van der Waals surface area (Å²) in [5.74, 6) is 0.713. The number of hydrogen-bond donors (Lipinski definition) is 0. The van der Waals surface area contributed by atoms with E-state index in [1.165, 1.54) is 0 Å². The van der Waals surface area contributed by atoms with E-state index in [1.54, 1.807) is 18.2 Å². The highest BCUT2D eigenvalue weighted by Gasteiger charge is 2.38. The van der Waals surface area contributed by atoms with Crippen LogP contribution in [0.25, 0.3) is 0 Å². The number of amides is 2. The summed E-state index contributed by atoms with van der Waals surface area (Å²) in [6.45, 7) is 6.08. The van der Waals surface area contributed by atoms with Crippen LogP contribution in [-0.2, 0) is 9.59 Å². The molecule has 0 N–H and O–H groups in total. The molecule has 0 radical (unpaired) electrons. The Kier molecular flexibility index (Phi) is 5.92. The molecule has 7 nitrogen and oxygen atoms in total. The summed E-state index contributed by atoms with van der Waals surface area (Å²) in [6, 6.07) is 10.6. The maximum Gasteiger partial charge on any atom is 0.260 e. The molecule has 8 heteroatoms. The third-order valence-electron chi connectivity index (χ3n) is 5.85. The molecule has 2 aliphatic rings. The molecule has 2 atom stereocenters. The summed E-state index contributed by atoms with van der Waals surface area (Å²) in [5, 5.41) is 6.91. The number of halogens is 1. The molecule has 1 fully saturated rings. The number of carbonyl (C=O) groups is 2. The van der Waals surface area contributed by atoms with Crippen LogP contribution in [0.5, 0.6) is 0 Å². The van der Waals surface area contributed by atoms with Crippen LogP contribution in [0.4, 0.5) is 0 Å². The van der Waals surface area contributed by atoms with Crippen LogP contribution in [0.3, 0.4) is 0 Å². The van der Waals surface area contributed by atoms with E-state index >= 15 is 0 Å². The Labute approximate surface area is 180 Å². The van der Waals surface area contributed by atoms with Gasteiger partial charge in [-0.05, 0) is 36.8 Å². The Bertz CT molecular complexity index is 934. The van der Waals surface area contributed by atoms with Crippen LogP contribution in [0, 0.1) is 0 Å². The monoisotopic (exact) mass is 428 g/mol. The number of nitrogens with zero attached hydrogens (tertiary/aromatic N) is 4. The first-order valence-corrected chi connectivity index (χ1v) is 10.5. The van der Waals surface area contributed by atoms with Crippen LogP contribution in [0.1, 0.15) is 37.6 Å². The minimum absolute atomic E-state index is 0.0725. The molecule has 2 aromatic rings. The molecule has 1 saturated heterocycles. The minimum atomic E-state index is -0.343. The van der Waals surface area contributed by atoms with E-state index < -0.39 is 0 Å². The summed E-state index contributed by atoms with van der Waals surface area (Å²) in [6.07, 6.45) is 2.19. The number of benzene rings is 1. The van der Waals surface area contributed by atoms with E-state index in [0.29, 0.717) is 43.4 Å². The van der Waals surface area contributed by atoms with Crippen molar-refractivity contribution in [1.29, 1.82) is 0 Å². The highest BCUT2D eigenvalue weighted by atomic mass is 35.5. The largest absolute Gasteiger partial charge is 0.467 e. The smallest absolute Gasteiger partial charge is 0.260 e. The fourth-order valence-corrected chi connectivity index (χ4v) is 4.13. The highest BCUT2D eigenvalue weighted by molar-refractivity contribution is 6.30. The lowest BCUT2D eigenvalue weighted by atomic mass is 10.0. The van der Waals surface area contributed by atoms with Crippen molar-refractivity contribution in [3.05, 3.63) is 59.0 Å². The van der Waals surface area contributed by atoms with Gasteiger partial charge in [0, 0.05) is 44.5 Å². The van der Waals surface area contributed by atoms with E-state index in [1.807, 2.05) is 48.2 Å². The first-order valence-electron chi connectivity index (χ1n) is 10.1. The average Bonchev–Trinajstić information content (AvgIpc) is 3.43. The number of furan rings is 1. The zero-order chi connectivity index (χ0) is 21.3. The third kappa shape index (κ3) is 4.13. The summed E-state index contributed by atoms with van der Waals surface area (Å²) in [4.78, 5) is 28.9. The van der Waals surface area contributed by atoms with Crippen LogP contribution >= 0.6 is 11.6 Å². The number of hydrazone groups is 1. The molecule has 0 bridgehead atoms. The molecule has 1 aromatic heterocycles. The fraction of sp³-hybridized carbons (Fsp3) is 0.409. The summed E-state index contributed by atoms with van der Waals surface area (Å²) < 4.78 is 5.62. The summed E-state index contributed by atoms with van der Waals surface area (Å²) in [7, 11) is 0. The van der Waals surface area contributed by atoms with Crippen LogP contribution in [-0.4, -0.2) is 64.6 Å². The van der Waals surface area contributed by atoms with Crippen LogP contribution in [0.15, 0.2) is 52.2 Å². The predicted molar refractivity (Wildman–Crippen MR) is 114 cm³/mol. The average molecular weight is 429 g/mol. The standard InChI is InChI=1S/C22H25ClN4O3/c1-15(25-9-11-26(12-10-25)16(2)28)22(29)27-20(21-4-3-13-30-21)14-19(24-27)17-5-7-18(23)8-6-17/h3-8,13,15,20H,9-12,14H2,1-2H3/t15-,20+/m0/s1. The van der Waals surface area contributed by atoms with Crippen molar-refractivity contribution in [2.45, 2.75) is 32.4 Å². The summed E-state index contributed by atoms with van der Waals surface area (Å²) >= 11 is 6.02. The van der Waals surface area contributed by atoms with Gasteiger partial charge in [0.15, 0.2) is 0 Å². The van der Waals surface area contributed by atoms with Gasteiger partial charge in [0.2, 0.25) is 5.91 Å². The van der Waals surface area contributed by atoms with Gasteiger partial charge in [0.05, 0.1) is 18.0 Å². The lowest BCUT2D eigenvalue weighted by Gasteiger charge is -2.38. The maximum atomic E-state index is 13.4. The Morgan fingerprint density at radius 1 is 1.13 bits per heavy atom. The highest BCUT2D eigenvalue weighted by Crippen LogP contribution is 2.34. The van der Waals surface area contributed by atoms with Gasteiger partial charge in [-0.3, -0.25) is 14.5 Å². The number of hydrogen-bond acceptors (Lipinski definition) is 5. The van der Waals surface area contributed by atoms with Gasteiger partial charge in [0.25, 0.3) is 5.91 Å². The van der Waals surface area contributed by atoms with Gasteiger partial charge in [0.1, 0.15) is 11.8 Å². The van der Waals surface area contributed by atoms with Crippen molar-refractivity contribution in [2.24, 2.45) is 5.10 Å². The van der Waals surface area contributed by atoms with Crippen molar-refractivity contribution in [3.63, 3.8) is 0 Å². The first-order chi connectivity index (χ1) is 14.4. The zero-order valence-electron chi connectivity index (χ0n) is 17.1. The number of carbonyl (C=O) groups excluding carboxylic acids is 2. The fourth-order valence-electron chi connectivity index (χ4n) is 4.00. The van der Waals surface area contributed by atoms with Crippen molar-refractivity contribution < 1.29 is 14.0 Å². The van der Waals surface area contributed by atoms with Gasteiger partial charge < -0.3 is 9.32 Å². The lowest BCUT2D eigenvalue weighted by Crippen LogP contribution is -2.54. The van der Waals surface area contributed by atoms with Gasteiger partial charge in [-0.25, -0.2) is 5.01 Å². The molecule has 0 saturated carbocycles. The van der Waals surface area contributed by atoms with Gasteiger partial charge in [-0.15, -0.1) is 0 Å². The van der Waals surface area contributed by atoms with Crippen LogP contribution in [0.2, 0.25) is 5.02 Å². The zero-order valence-corrected chi connectivity index (χ0v) is 17.9. The molecular weight excluding hydrogens is 404 g/mol.